The van der Waals surface area contributed by atoms with Crippen LogP contribution in [-0.2, 0) is 0 Å². The van der Waals surface area contributed by atoms with Crippen LogP contribution >= 0.6 is 0 Å². The molecule has 8 bridgehead atoms. The number of fused-ring (bicyclic) bond motifs is 20. The van der Waals surface area contributed by atoms with Crippen LogP contribution in [0.1, 0.15) is 33.8 Å². The Hall–Kier alpha value is -7.89. The molecule has 4 N–H and O–H groups in total. The summed E-state index contributed by atoms with van der Waals surface area (Å²) in [7, 11) is 0. The van der Waals surface area contributed by atoms with Gasteiger partial charge in [0.25, 0.3) is 0 Å². The molecule has 0 unspecified atom stereocenters. The molecule has 0 saturated carbocycles. The quantitative estimate of drug-likeness (QED) is 0.139. The summed E-state index contributed by atoms with van der Waals surface area (Å²) in [4.78, 5) is 21.5. The fourth-order valence-corrected chi connectivity index (χ4v) is 9.21. The van der Waals surface area contributed by atoms with Crippen molar-refractivity contribution in [1.29, 1.82) is 0 Å². The highest BCUT2D eigenvalue weighted by atomic mass is 15.0. The molecule has 0 fully saturated rings. The standard InChI is InChI=1S/C53H35N5/c1-4-18-32(19-5-1)43-46-35-24-10-12-26-37(35)48(54-46)44(33-20-6-2-7-21-33)50-39-28-14-16-30-41(39)52(56-50)58-53-42-31-17-15-29-40(42)51(57-53)45(34-22-8-3-9-23-34)49-38-27-13-11-25-36(38)47(43)55-49/h1-31,54-55H,(H2,56,57,58). The molecule has 12 rings (SSSR count). The molecule has 5 heteroatoms. The van der Waals surface area contributed by atoms with Crippen molar-refractivity contribution < 1.29 is 0 Å². The maximum absolute atomic E-state index is 5.50. The van der Waals surface area contributed by atoms with Crippen molar-refractivity contribution in [1.82, 2.24) is 19.9 Å². The van der Waals surface area contributed by atoms with Crippen LogP contribution in [0.2, 0.25) is 0 Å². The Morgan fingerprint density at radius 1 is 0.259 bits per heavy atom. The number of rotatable bonds is 3. The predicted octanol–water partition coefficient (Wildman–Crippen LogP) is 9.62. The Kier molecular flexibility index (Phi) is 7.16. The van der Waals surface area contributed by atoms with E-state index in [1.165, 1.54) is 0 Å². The molecule has 1 aliphatic rings. The molecular formula is C53H35N5. The third kappa shape index (κ3) is 4.87. The zero-order chi connectivity index (χ0) is 38.2. The van der Waals surface area contributed by atoms with E-state index in [9.17, 15) is 0 Å². The van der Waals surface area contributed by atoms with Gasteiger partial charge in [-0.25, -0.2) is 4.99 Å². The van der Waals surface area contributed by atoms with E-state index >= 15 is 0 Å². The molecule has 0 spiro atoms. The van der Waals surface area contributed by atoms with Gasteiger partial charge in [0.15, 0.2) is 0 Å². The van der Waals surface area contributed by atoms with Crippen molar-refractivity contribution in [2.45, 2.75) is 0 Å². The summed E-state index contributed by atoms with van der Waals surface area (Å²) in [6.45, 7) is 0. The maximum Gasteiger partial charge on any atom is 0.140 e. The van der Waals surface area contributed by atoms with Gasteiger partial charge < -0.3 is 19.9 Å². The van der Waals surface area contributed by atoms with Crippen LogP contribution in [0.4, 0.5) is 5.82 Å². The van der Waals surface area contributed by atoms with E-state index < -0.39 is 0 Å². The molecule has 4 aromatic heterocycles. The number of nitrogens with zero attached hydrogens (tertiary/aromatic N) is 1. The van der Waals surface area contributed by atoms with E-state index in [0.29, 0.717) is 0 Å². The van der Waals surface area contributed by atoms with Gasteiger partial charge in [-0.15, -0.1) is 0 Å². The smallest absolute Gasteiger partial charge is 0.140 e. The maximum atomic E-state index is 5.50. The van der Waals surface area contributed by atoms with E-state index in [-0.39, 0.29) is 0 Å². The van der Waals surface area contributed by atoms with Crippen LogP contribution in [0.5, 0.6) is 0 Å². The Balaban J connectivity index is 1.40. The molecule has 0 radical (unpaired) electrons. The zero-order valence-corrected chi connectivity index (χ0v) is 31.3. The highest BCUT2D eigenvalue weighted by molar-refractivity contribution is 6.07. The number of H-pyrrole nitrogens is 4. The first-order valence-corrected chi connectivity index (χ1v) is 19.7. The van der Waals surface area contributed by atoms with Crippen LogP contribution in [0, 0.1) is 0 Å². The Labute approximate surface area is 332 Å². The Morgan fingerprint density at radius 3 is 1.05 bits per heavy atom. The van der Waals surface area contributed by atoms with Crippen LogP contribution < -0.4 is 21.5 Å². The molecule has 5 nitrogen and oxygen atoms in total. The first kappa shape index (κ1) is 32.4. The summed E-state index contributed by atoms with van der Waals surface area (Å²) in [5.41, 5.74) is 10.5. The summed E-state index contributed by atoms with van der Waals surface area (Å²) >= 11 is 0. The summed E-state index contributed by atoms with van der Waals surface area (Å²) in [5, 5.41) is 12.0. The number of aromatic amines is 4. The van der Waals surface area contributed by atoms with Gasteiger partial charge in [-0.1, -0.05) is 188 Å². The molecule has 11 aromatic rings. The monoisotopic (exact) mass is 741 g/mol. The lowest BCUT2D eigenvalue weighted by Gasteiger charge is -2.09. The van der Waals surface area contributed by atoms with Gasteiger partial charge >= 0.3 is 0 Å². The van der Waals surface area contributed by atoms with Gasteiger partial charge in [0.05, 0.1) is 33.1 Å². The summed E-state index contributed by atoms with van der Waals surface area (Å²) in [6, 6.07) is 67.0. The third-order valence-electron chi connectivity index (χ3n) is 11.7. The van der Waals surface area contributed by atoms with Gasteiger partial charge in [-0.2, -0.15) is 0 Å². The van der Waals surface area contributed by atoms with Gasteiger partial charge in [0.2, 0.25) is 0 Å². The lowest BCUT2D eigenvalue weighted by molar-refractivity contribution is 1.14. The fourth-order valence-electron chi connectivity index (χ4n) is 9.21. The third-order valence-corrected chi connectivity index (χ3v) is 11.7. The van der Waals surface area contributed by atoms with Crippen molar-refractivity contribution in [3.63, 3.8) is 0 Å². The van der Waals surface area contributed by atoms with Crippen molar-refractivity contribution in [3.8, 4) is 0 Å². The average Bonchev–Trinajstić information content (AvgIpc) is 4.05. The minimum atomic E-state index is 0.797. The predicted molar refractivity (Wildman–Crippen MR) is 237 cm³/mol. The Bertz CT molecular complexity index is 3660. The van der Waals surface area contributed by atoms with Crippen molar-refractivity contribution >= 4 is 65.6 Å². The molecular weight excluding hydrogens is 707 g/mol. The van der Waals surface area contributed by atoms with E-state index in [1.54, 1.807) is 0 Å². The largest absolute Gasteiger partial charge is 0.353 e. The van der Waals surface area contributed by atoms with Crippen LogP contribution in [0.15, 0.2) is 193 Å². The number of hydrogen-bond acceptors (Lipinski definition) is 1. The molecule has 0 amide bonds. The van der Waals surface area contributed by atoms with E-state index in [1.807, 2.05) is 0 Å². The number of aromatic nitrogens is 4. The lowest BCUT2D eigenvalue weighted by atomic mass is 9.96. The highest BCUT2D eigenvalue weighted by Gasteiger charge is 2.24. The number of hydrogen-bond donors (Lipinski definition) is 4. The highest BCUT2D eigenvalue weighted by Crippen LogP contribution is 2.37. The van der Waals surface area contributed by atoms with Crippen LogP contribution in [0.25, 0.3) is 59.8 Å². The molecule has 1 aliphatic heterocycles. The molecule has 5 heterocycles. The molecule has 7 aromatic carbocycles. The van der Waals surface area contributed by atoms with Gasteiger partial charge in [-0.3, -0.25) is 0 Å². The first-order chi connectivity index (χ1) is 28.8. The second-order valence-electron chi connectivity index (χ2n) is 15.0. The average molecular weight is 742 g/mol. The first-order valence-electron chi connectivity index (χ1n) is 19.7. The summed E-state index contributed by atoms with van der Waals surface area (Å²) in [5.74, 6) is 0.797. The minimum Gasteiger partial charge on any atom is -0.353 e. The number of benzene rings is 7. The van der Waals surface area contributed by atoms with Gasteiger partial charge in [0, 0.05) is 59.8 Å². The van der Waals surface area contributed by atoms with Gasteiger partial charge in [0.1, 0.15) is 11.3 Å². The number of nitrogens with one attached hydrogen (secondary N) is 4. The molecule has 0 atom stereocenters. The Morgan fingerprint density at radius 2 is 0.586 bits per heavy atom. The van der Waals surface area contributed by atoms with Crippen molar-refractivity contribution in [2.75, 3.05) is 0 Å². The van der Waals surface area contributed by atoms with Crippen LogP contribution in [-0.4, -0.2) is 19.9 Å². The van der Waals surface area contributed by atoms with E-state index in [4.69, 9.17) is 4.99 Å². The van der Waals surface area contributed by atoms with E-state index in [0.717, 1.165) is 121 Å². The van der Waals surface area contributed by atoms with E-state index in [2.05, 4.69) is 208 Å². The minimum absolute atomic E-state index is 0.797. The molecule has 272 valence electrons. The molecule has 58 heavy (non-hydrogen) atoms. The SMILES string of the molecule is c1ccc(C2=c3[nH]c(c4ccccc34)=Nc3[nH]c(c4ccccc34)C(c3ccccc3)=c3[nH]c(c4ccccc34)=C(c3ccccc3)c3[nH]c2c2ccccc32)cc1. The second kappa shape index (κ2) is 12.8. The summed E-state index contributed by atoms with van der Waals surface area (Å²) < 4.78 is 0. The molecule has 0 aliphatic carbocycles. The normalized spacial score (nSPS) is 12.9. The van der Waals surface area contributed by atoms with Crippen molar-refractivity contribution in [2.24, 2.45) is 4.99 Å². The lowest BCUT2D eigenvalue weighted by Crippen LogP contribution is -2.18. The van der Waals surface area contributed by atoms with Gasteiger partial charge in [-0.05, 0) is 16.7 Å². The topological polar surface area (TPSA) is 75.5 Å². The second-order valence-corrected chi connectivity index (χ2v) is 15.0. The molecule has 0 saturated heterocycles. The van der Waals surface area contributed by atoms with Crippen LogP contribution in [0.3, 0.4) is 0 Å². The summed E-state index contributed by atoms with van der Waals surface area (Å²) in [6.07, 6.45) is 0. The fraction of sp³-hybridized carbons (Fsp3) is 0. The zero-order valence-electron chi connectivity index (χ0n) is 31.3. The van der Waals surface area contributed by atoms with Crippen molar-refractivity contribution in [3.05, 3.63) is 243 Å².